The SMILES string of the molecule is C=CC(C)(C)c1ccc(OCC)c(/C=C/C(=O)c2ccc(NC)cc2)c1O. The van der Waals surface area contributed by atoms with Gasteiger partial charge in [-0.2, -0.15) is 0 Å². The lowest BCUT2D eigenvalue weighted by atomic mass is 9.83. The smallest absolute Gasteiger partial charge is 0.185 e. The van der Waals surface area contributed by atoms with E-state index in [1.807, 2.05) is 52.1 Å². The largest absolute Gasteiger partial charge is 0.507 e. The Morgan fingerprint density at radius 2 is 1.89 bits per heavy atom. The van der Waals surface area contributed by atoms with Crippen LogP contribution in [0.4, 0.5) is 5.69 Å². The van der Waals surface area contributed by atoms with Gasteiger partial charge >= 0.3 is 0 Å². The predicted octanol–water partition coefficient (Wildman–Crippen LogP) is 5.19. The lowest BCUT2D eigenvalue weighted by Gasteiger charge is -2.23. The first-order valence-corrected chi connectivity index (χ1v) is 8.97. The summed E-state index contributed by atoms with van der Waals surface area (Å²) >= 11 is 0. The highest BCUT2D eigenvalue weighted by molar-refractivity contribution is 6.07. The van der Waals surface area contributed by atoms with Crippen LogP contribution < -0.4 is 10.1 Å². The van der Waals surface area contributed by atoms with Crippen molar-refractivity contribution < 1.29 is 14.6 Å². The van der Waals surface area contributed by atoms with E-state index in [0.29, 0.717) is 23.5 Å². The van der Waals surface area contributed by atoms with E-state index in [2.05, 4.69) is 11.9 Å². The summed E-state index contributed by atoms with van der Waals surface area (Å²) in [5.74, 6) is 0.488. The fourth-order valence-electron chi connectivity index (χ4n) is 2.72. The van der Waals surface area contributed by atoms with E-state index < -0.39 is 5.41 Å². The summed E-state index contributed by atoms with van der Waals surface area (Å²) in [4.78, 5) is 12.5. The Kier molecular flexibility index (Phi) is 6.45. The van der Waals surface area contributed by atoms with Crippen molar-refractivity contribution in [2.45, 2.75) is 26.2 Å². The summed E-state index contributed by atoms with van der Waals surface area (Å²) in [6.45, 7) is 10.1. The van der Waals surface area contributed by atoms with Crippen LogP contribution in [0.1, 0.15) is 42.3 Å². The third kappa shape index (κ3) is 4.59. The molecule has 4 heteroatoms. The van der Waals surface area contributed by atoms with Gasteiger partial charge in [0.05, 0.1) is 12.2 Å². The van der Waals surface area contributed by atoms with Crippen molar-refractivity contribution in [3.05, 3.63) is 71.8 Å². The average Bonchev–Trinajstić information content (AvgIpc) is 2.67. The number of hydrogen-bond acceptors (Lipinski definition) is 4. The second-order valence-corrected chi connectivity index (χ2v) is 6.76. The maximum absolute atomic E-state index is 12.5. The Balaban J connectivity index is 2.42. The quantitative estimate of drug-likeness (QED) is 0.384. The molecule has 0 amide bonds. The molecule has 2 rings (SSSR count). The van der Waals surface area contributed by atoms with E-state index in [-0.39, 0.29) is 11.5 Å². The molecule has 0 fully saturated rings. The first-order valence-electron chi connectivity index (χ1n) is 8.97. The third-order valence-electron chi connectivity index (χ3n) is 4.54. The normalized spacial score (nSPS) is 11.4. The molecule has 0 radical (unpaired) electrons. The highest BCUT2D eigenvalue weighted by Crippen LogP contribution is 2.39. The van der Waals surface area contributed by atoms with Crippen molar-refractivity contribution in [1.29, 1.82) is 0 Å². The second kappa shape index (κ2) is 8.58. The van der Waals surface area contributed by atoms with Gasteiger partial charge in [-0.3, -0.25) is 4.79 Å². The molecule has 0 aliphatic carbocycles. The second-order valence-electron chi connectivity index (χ2n) is 6.76. The Labute approximate surface area is 161 Å². The van der Waals surface area contributed by atoms with Crippen LogP contribution in [0.2, 0.25) is 0 Å². The van der Waals surface area contributed by atoms with Gasteiger partial charge in [-0.05, 0) is 49.4 Å². The number of allylic oxidation sites excluding steroid dienone is 2. The van der Waals surface area contributed by atoms with Crippen LogP contribution in [0.25, 0.3) is 6.08 Å². The van der Waals surface area contributed by atoms with Gasteiger partial charge in [-0.25, -0.2) is 0 Å². The number of phenolic OH excluding ortho intramolecular Hbond substituents is 1. The maximum Gasteiger partial charge on any atom is 0.185 e. The molecule has 4 nitrogen and oxygen atoms in total. The Morgan fingerprint density at radius 1 is 1.22 bits per heavy atom. The van der Waals surface area contributed by atoms with E-state index in [4.69, 9.17) is 4.74 Å². The summed E-state index contributed by atoms with van der Waals surface area (Å²) in [5.41, 5.74) is 2.32. The number of ether oxygens (including phenoxy) is 1. The minimum absolute atomic E-state index is 0.0976. The van der Waals surface area contributed by atoms with Crippen LogP contribution in [0.15, 0.2) is 55.1 Å². The van der Waals surface area contributed by atoms with Crippen molar-refractivity contribution in [2.24, 2.45) is 0 Å². The summed E-state index contributed by atoms with van der Waals surface area (Å²) in [5, 5.41) is 13.8. The molecule has 2 aromatic rings. The monoisotopic (exact) mass is 365 g/mol. The molecule has 0 atom stereocenters. The zero-order valence-corrected chi connectivity index (χ0v) is 16.4. The van der Waals surface area contributed by atoms with Gasteiger partial charge in [0, 0.05) is 29.3 Å². The standard InChI is InChI=1S/C23H27NO3/c1-6-23(3,4)19-13-15-21(27-7-2)18(22(19)26)12-14-20(25)16-8-10-17(24-5)11-9-16/h6,8-15,24,26H,1,7H2,2-5H3/b14-12+. The van der Waals surface area contributed by atoms with E-state index in [1.165, 1.54) is 6.08 Å². The molecular weight excluding hydrogens is 338 g/mol. The summed E-state index contributed by atoms with van der Waals surface area (Å²) < 4.78 is 5.63. The van der Waals surface area contributed by atoms with Crippen LogP contribution in [0, 0.1) is 0 Å². The predicted molar refractivity (Wildman–Crippen MR) is 112 cm³/mol. The van der Waals surface area contributed by atoms with Crippen molar-refractivity contribution in [3.63, 3.8) is 0 Å². The molecule has 0 heterocycles. The highest BCUT2D eigenvalue weighted by Gasteiger charge is 2.23. The summed E-state index contributed by atoms with van der Waals surface area (Å²) in [6, 6.07) is 10.9. The fourth-order valence-corrected chi connectivity index (χ4v) is 2.72. The average molecular weight is 365 g/mol. The molecule has 142 valence electrons. The zero-order chi connectivity index (χ0) is 20.0. The molecule has 0 spiro atoms. The lowest BCUT2D eigenvalue weighted by Crippen LogP contribution is -2.13. The van der Waals surface area contributed by atoms with Crippen LogP contribution >= 0.6 is 0 Å². The highest BCUT2D eigenvalue weighted by atomic mass is 16.5. The first kappa shape index (κ1) is 20.3. The Hall–Kier alpha value is -3.01. The van der Waals surface area contributed by atoms with Crippen molar-refractivity contribution >= 4 is 17.5 Å². The zero-order valence-electron chi connectivity index (χ0n) is 16.4. The van der Waals surface area contributed by atoms with E-state index >= 15 is 0 Å². The Bertz CT molecular complexity index is 849. The van der Waals surface area contributed by atoms with Crippen LogP contribution in [0.5, 0.6) is 11.5 Å². The molecule has 0 aliphatic heterocycles. The van der Waals surface area contributed by atoms with Gasteiger partial charge in [-0.15, -0.1) is 6.58 Å². The van der Waals surface area contributed by atoms with Gasteiger partial charge in [0.1, 0.15) is 11.5 Å². The first-order chi connectivity index (χ1) is 12.8. The summed E-state index contributed by atoms with van der Waals surface area (Å²) in [7, 11) is 1.83. The molecule has 0 bridgehead atoms. The van der Waals surface area contributed by atoms with Crippen LogP contribution in [0.3, 0.4) is 0 Å². The number of benzene rings is 2. The van der Waals surface area contributed by atoms with Gasteiger partial charge in [0.15, 0.2) is 5.78 Å². The van der Waals surface area contributed by atoms with E-state index in [1.54, 1.807) is 24.3 Å². The van der Waals surface area contributed by atoms with Crippen molar-refractivity contribution in [1.82, 2.24) is 0 Å². The minimum atomic E-state index is -0.412. The molecule has 27 heavy (non-hydrogen) atoms. The molecule has 0 saturated carbocycles. The molecule has 0 unspecified atom stereocenters. The molecular formula is C23H27NO3. The van der Waals surface area contributed by atoms with Gasteiger partial charge < -0.3 is 15.2 Å². The number of carbonyl (C=O) groups excluding carboxylic acids is 1. The molecule has 2 aromatic carbocycles. The van der Waals surface area contributed by atoms with E-state index in [9.17, 15) is 9.90 Å². The number of rotatable bonds is 8. The van der Waals surface area contributed by atoms with Gasteiger partial charge in [-0.1, -0.05) is 26.0 Å². The third-order valence-corrected chi connectivity index (χ3v) is 4.54. The number of aromatic hydroxyl groups is 1. The molecule has 0 saturated heterocycles. The number of ketones is 1. The van der Waals surface area contributed by atoms with Crippen LogP contribution in [-0.4, -0.2) is 24.5 Å². The topological polar surface area (TPSA) is 58.6 Å². The number of anilines is 1. The molecule has 0 aliphatic rings. The Morgan fingerprint density at radius 3 is 2.44 bits per heavy atom. The molecule has 2 N–H and O–H groups in total. The number of phenols is 1. The minimum Gasteiger partial charge on any atom is -0.507 e. The fraction of sp³-hybridized carbons (Fsp3) is 0.261. The number of hydrogen-bond donors (Lipinski definition) is 2. The maximum atomic E-state index is 12.5. The molecule has 0 aromatic heterocycles. The van der Waals surface area contributed by atoms with Crippen molar-refractivity contribution in [2.75, 3.05) is 19.0 Å². The van der Waals surface area contributed by atoms with Crippen LogP contribution in [-0.2, 0) is 5.41 Å². The summed E-state index contributed by atoms with van der Waals surface area (Å²) in [6.07, 6.45) is 4.85. The van der Waals surface area contributed by atoms with Crippen molar-refractivity contribution in [3.8, 4) is 11.5 Å². The van der Waals surface area contributed by atoms with Gasteiger partial charge in [0.25, 0.3) is 0 Å². The number of carbonyl (C=O) groups is 1. The van der Waals surface area contributed by atoms with E-state index in [0.717, 1.165) is 11.3 Å². The van der Waals surface area contributed by atoms with Gasteiger partial charge in [0.2, 0.25) is 0 Å². The lowest BCUT2D eigenvalue weighted by molar-refractivity contribution is 0.104. The number of nitrogens with one attached hydrogen (secondary N) is 1.